The Morgan fingerprint density at radius 3 is 2.67 bits per heavy atom. The third-order valence-electron chi connectivity index (χ3n) is 3.95. The molecular formula is C17H26N2O2. The normalized spacial score (nSPS) is 14.0. The molecule has 1 fully saturated rings. The lowest BCUT2D eigenvalue weighted by Crippen LogP contribution is -2.36. The Morgan fingerprint density at radius 1 is 1.33 bits per heavy atom. The van der Waals surface area contributed by atoms with Crippen LogP contribution in [0.1, 0.15) is 24.8 Å². The zero-order valence-corrected chi connectivity index (χ0v) is 13.1. The molecule has 4 heteroatoms. The lowest BCUT2D eigenvalue weighted by atomic mass is 10.1. The van der Waals surface area contributed by atoms with Gasteiger partial charge in [0, 0.05) is 13.6 Å². The molecule has 21 heavy (non-hydrogen) atoms. The molecule has 0 aromatic heterocycles. The van der Waals surface area contributed by atoms with Crippen LogP contribution >= 0.6 is 0 Å². The van der Waals surface area contributed by atoms with E-state index in [0.29, 0.717) is 6.54 Å². The van der Waals surface area contributed by atoms with Gasteiger partial charge in [0.05, 0.1) is 13.7 Å². The minimum Gasteiger partial charge on any atom is -0.497 e. The van der Waals surface area contributed by atoms with Gasteiger partial charge < -0.3 is 15.0 Å². The van der Waals surface area contributed by atoms with Gasteiger partial charge >= 0.3 is 0 Å². The topological polar surface area (TPSA) is 41.6 Å². The van der Waals surface area contributed by atoms with Crippen molar-refractivity contribution < 1.29 is 9.53 Å². The number of benzene rings is 1. The van der Waals surface area contributed by atoms with Gasteiger partial charge in [-0.15, -0.1) is 0 Å². The number of ether oxygens (including phenoxy) is 1. The summed E-state index contributed by atoms with van der Waals surface area (Å²) in [7, 11) is 3.56. The summed E-state index contributed by atoms with van der Waals surface area (Å²) < 4.78 is 5.14. The molecule has 0 atom stereocenters. The Balaban J connectivity index is 1.60. The predicted octanol–water partition coefficient (Wildman–Crippen LogP) is 2.09. The minimum absolute atomic E-state index is 0.186. The molecule has 1 amide bonds. The van der Waals surface area contributed by atoms with Crippen LogP contribution in [0.25, 0.3) is 0 Å². The summed E-state index contributed by atoms with van der Waals surface area (Å²) in [5.74, 6) is 1.89. The lowest BCUT2D eigenvalue weighted by molar-refractivity contribution is -0.129. The van der Waals surface area contributed by atoms with E-state index in [-0.39, 0.29) is 5.91 Å². The van der Waals surface area contributed by atoms with Crippen molar-refractivity contribution in [3.63, 3.8) is 0 Å². The number of nitrogens with zero attached hydrogens (tertiary/aromatic N) is 1. The van der Waals surface area contributed by atoms with Crippen molar-refractivity contribution in [1.82, 2.24) is 10.2 Å². The standard InChI is InChI=1S/C17H26N2O2/c1-19(17(20)13-18-12-15-5-6-15)11-3-4-14-7-9-16(21-2)10-8-14/h7-10,15,18H,3-6,11-13H2,1-2H3. The summed E-state index contributed by atoms with van der Waals surface area (Å²) >= 11 is 0. The fourth-order valence-electron chi connectivity index (χ4n) is 2.28. The number of likely N-dealkylation sites (N-methyl/N-ethyl adjacent to an activating group) is 1. The number of methoxy groups -OCH3 is 1. The van der Waals surface area contributed by atoms with Gasteiger partial charge in [-0.25, -0.2) is 0 Å². The number of hydrogen-bond donors (Lipinski definition) is 1. The molecule has 1 aromatic carbocycles. The molecule has 116 valence electrons. The summed E-state index contributed by atoms with van der Waals surface area (Å²) in [4.78, 5) is 13.7. The van der Waals surface area contributed by atoms with Gasteiger partial charge in [0.25, 0.3) is 0 Å². The molecule has 0 bridgehead atoms. The lowest BCUT2D eigenvalue weighted by Gasteiger charge is -2.17. The van der Waals surface area contributed by atoms with Crippen molar-refractivity contribution in [2.75, 3.05) is 33.8 Å². The van der Waals surface area contributed by atoms with Crippen LogP contribution in [0.15, 0.2) is 24.3 Å². The van der Waals surface area contributed by atoms with E-state index in [1.807, 2.05) is 24.1 Å². The largest absolute Gasteiger partial charge is 0.497 e. The van der Waals surface area contributed by atoms with Crippen LogP contribution < -0.4 is 10.1 Å². The molecule has 0 heterocycles. The highest BCUT2D eigenvalue weighted by Crippen LogP contribution is 2.27. The van der Waals surface area contributed by atoms with Crippen LogP contribution in [0, 0.1) is 5.92 Å². The summed E-state index contributed by atoms with van der Waals surface area (Å²) in [5.41, 5.74) is 1.28. The number of hydrogen-bond acceptors (Lipinski definition) is 3. The molecule has 4 nitrogen and oxygen atoms in total. The number of rotatable bonds is 9. The second-order valence-corrected chi connectivity index (χ2v) is 5.84. The Labute approximate surface area is 127 Å². The van der Waals surface area contributed by atoms with E-state index < -0.39 is 0 Å². The molecule has 2 rings (SSSR count). The quantitative estimate of drug-likeness (QED) is 0.757. The van der Waals surface area contributed by atoms with Crippen molar-refractivity contribution >= 4 is 5.91 Å². The third kappa shape index (κ3) is 5.76. The van der Waals surface area contributed by atoms with Gasteiger partial charge in [-0.2, -0.15) is 0 Å². The Bertz CT molecular complexity index is 441. The molecule has 0 unspecified atom stereocenters. The average molecular weight is 290 g/mol. The van der Waals surface area contributed by atoms with Crippen LogP contribution in [0.2, 0.25) is 0 Å². The fraction of sp³-hybridized carbons (Fsp3) is 0.588. The fourth-order valence-corrected chi connectivity index (χ4v) is 2.28. The summed E-state index contributed by atoms with van der Waals surface area (Å²) in [6, 6.07) is 8.12. The summed E-state index contributed by atoms with van der Waals surface area (Å²) in [6.07, 6.45) is 4.60. The smallest absolute Gasteiger partial charge is 0.236 e. The second-order valence-electron chi connectivity index (χ2n) is 5.84. The number of carbonyl (C=O) groups excluding carboxylic acids is 1. The van der Waals surface area contributed by atoms with Crippen molar-refractivity contribution in [1.29, 1.82) is 0 Å². The molecular weight excluding hydrogens is 264 g/mol. The van der Waals surface area contributed by atoms with Crippen molar-refractivity contribution in [2.24, 2.45) is 5.92 Å². The number of nitrogens with one attached hydrogen (secondary N) is 1. The molecule has 1 aromatic rings. The average Bonchev–Trinajstić information content (AvgIpc) is 3.32. The molecule has 0 aliphatic heterocycles. The zero-order chi connectivity index (χ0) is 15.1. The first-order valence-corrected chi connectivity index (χ1v) is 7.76. The van der Waals surface area contributed by atoms with Gasteiger partial charge in [-0.05, 0) is 55.8 Å². The van der Waals surface area contributed by atoms with Crippen LogP contribution in [-0.2, 0) is 11.2 Å². The Kier molecular flexibility index (Phi) is 6.05. The maximum Gasteiger partial charge on any atom is 0.236 e. The van der Waals surface area contributed by atoms with Crippen molar-refractivity contribution in [2.45, 2.75) is 25.7 Å². The number of aryl methyl sites for hydroxylation is 1. The number of amides is 1. The maximum atomic E-state index is 11.9. The van der Waals surface area contributed by atoms with Crippen LogP contribution in [0.3, 0.4) is 0 Å². The van der Waals surface area contributed by atoms with Gasteiger partial charge in [0.2, 0.25) is 5.91 Å². The van der Waals surface area contributed by atoms with E-state index in [0.717, 1.165) is 37.6 Å². The Morgan fingerprint density at radius 2 is 2.05 bits per heavy atom. The Hall–Kier alpha value is -1.55. The van der Waals surface area contributed by atoms with Crippen LogP contribution in [0.4, 0.5) is 0 Å². The van der Waals surface area contributed by atoms with Crippen molar-refractivity contribution in [3.8, 4) is 5.75 Å². The van der Waals surface area contributed by atoms with Gasteiger partial charge in [-0.3, -0.25) is 4.79 Å². The van der Waals surface area contributed by atoms with Crippen LogP contribution in [-0.4, -0.2) is 44.6 Å². The first-order chi connectivity index (χ1) is 10.2. The summed E-state index contributed by atoms with van der Waals surface area (Å²) in [5, 5.41) is 3.24. The number of carbonyl (C=O) groups is 1. The highest BCUT2D eigenvalue weighted by Gasteiger charge is 2.20. The van der Waals surface area contributed by atoms with E-state index >= 15 is 0 Å². The molecule has 0 radical (unpaired) electrons. The highest BCUT2D eigenvalue weighted by atomic mass is 16.5. The molecule has 1 aliphatic rings. The zero-order valence-electron chi connectivity index (χ0n) is 13.1. The van der Waals surface area contributed by atoms with E-state index in [1.54, 1.807) is 7.11 Å². The van der Waals surface area contributed by atoms with E-state index in [9.17, 15) is 4.79 Å². The highest BCUT2D eigenvalue weighted by molar-refractivity contribution is 5.77. The SMILES string of the molecule is COc1ccc(CCCN(C)C(=O)CNCC2CC2)cc1. The van der Waals surface area contributed by atoms with Crippen LogP contribution in [0.5, 0.6) is 5.75 Å². The third-order valence-corrected chi connectivity index (χ3v) is 3.95. The first-order valence-electron chi connectivity index (χ1n) is 7.76. The van der Waals surface area contributed by atoms with Gasteiger partial charge in [0.15, 0.2) is 0 Å². The van der Waals surface area contributed by atoms with Gasteiger partial charge in [-0.1, -0.05) is 12.1 Å². The second kappa shape index (κ2) is 8.03. The van der Waals surface area contributed by atoms with Crippen molar-refractivity contribution in [3.05, 3.63) is 29.8 Å². The molecule has 1 saturated carbocycles. The maximum absolute atomic E-state index is 11.9. The predicted molar refractivity (Wildman–Crippen MR) is 84.5 cm³/mol. The monoisotopic (exact) mass is 290 g/mol. The van der Waals surface area contributed by atoms with E-state index in [4.69, 9.17) is 4.74 Å². The molecule has 1 N–H and O–H groups in total. The van der Waals surface area contributed by atoms with E-state index in [1.165, 1.54) is 18.4 Å². The molecule has 1 aliphatic carbocycles. The molecule has 0 saturated heterocycles. The first kappa shape index (κ1) is 15.8. The summed E-state index contributed by atoms with van der Waals surface area (Å²) in [6.45, 7) is 2.26. The van der Waals surface area contributed by atoms with Gasteiger partial charge in [0.1, 0.15) is 5.75 Å². The molecule has 0 spiro atoms. The minimum atomic E-state index is 0.186. The van der Waals surface area contributed by atoms with E-state index in [2.05, 4.69) is 17.4 Å².